The fourth-order valence-electron chi connectivity index (χ4n) is 1.68. The minimum absolute atomic E-state index is 0.912. The lowest BCUT2D eigenvalue weighted by Gasteiger charge is -2.17. The minimum atomic E-state index is 0.912. The topological polar surface area (TPSA) is 3.24 Å². The van der Waals surface area contributed by atoms with Crippen molar-refractivity contribution in [1.82, 2.24) is 4.90 Å². The summed E-state index contributed by atoms with van der Waals surface area (Å²) in [5, 5.41) is 0. The van der Waals surface area contributed by atoms with Gasteiger partial charge in [-0.3, -0.25) is 0 Å². The molecule has 0 amide bonds. The first-order chi connectivity index (χ1) is 5.34. The Kier molecular flexibility index (Phi) is 6.63. The third kappa shape index (κ3) is 3.76. The van der Waals surface area contributed by atoms with E-state index in [4.69, 9.17) is 0 Å². The summed E-state index contributed by atoms with van der Waals surface area (Å²) >= 11 is 0. The van der Waals surface area contributed by atoms with Crippen LogP contribution in [-0.2, 0) is 0 Å². The number of nitrogens with zero attached hydrogens (tertiary/aromatic N) is 1. The molecule has 0 unspecified atom stereocenters. The second-order valence-electron chi connectivity index (χ2n) is 3.07. The Balaban J connectivity index is 0.000000461. The number of likely N-dealkylation sites (tertiary alicyclic amines) is 1. The molecule has 1 aliphatic rings. The smallest absolute Gasteiger partial charge is 0.00925 e. The summed E-state index contributed by atoms with van der Waals surface area (Å²) in [5.41, 5.74) is 0. The van der Waals surface area contributed by atoms with Crippen molar-refractivity contribution in [3.63, 3.8) is 0 Å². The highest BCUT2D eigenvalue weighted by Crippen LogP contribution is 2.18. The Morgan fingerprint density at radius 1 is 1.36 bits per heavy atom. The van der Waals surface area contributed by atoms with Crippen LogP contribution in [0.25, 0.3) is 0 Å². The van der Waals surface area contributed by atoms with Crippen molar-refractivity contribution in [2.24, 2.45) is 0 Å². The van der Waals surface area contributed by atoms with Crippen LogP contribution in [0.2, 0.25) is 0 Å². The molecule has 1 nitrogen and oxygen atoms in total. The molecule has 0 bridgehead atoms. The van der Waals surface area contributed by atoms with Crippen LogP contribution in [0.4, 0.5) is 0 Å². The van der Waals surface area contributed by atoms with Crippen LogP contribution in [0.15, 0.2) is 0 Å². The molecule has 1 rings (SSSR count). The first-order valence-corrected chi connectivity index (χ1v) is 5.05. The Morgan fingerprint density at radius 2 is 2.00 bits per heavy atom. The summed E-state index contributed by atoms with van der Waals surface area (Å²) in [5.74, 6) is 0. The van der Waals surface area contributed by atoms with Crippen LogP contribution in [0.5, 0.6) is 0 Å². The van der Waals surface area contributed by atoms with Crippen LogP contribution in [0, 0.1) is 0 Å². The van der Waals surface area contributed by atoms with Gasteiger partial charge in [-0.2, -0.15) is 0 Å². The van der Waals surface area contributed by atoms with Gasteiger partial charge in [-0.25, -0.2) is 0 Å². The molecule has 1 fully saturated rings. The summed E-state index contributed by atoms with van der Waals surface area (Å²) in [6.07, 6.45) is 5.59. The molecule has 0 saturated carbocycles. The highest BCUT2D eigenvalue weighted by molar-refractivity contribution is 4.75. The van der Waals surface area contributed by atoms with Gasteiger partial charge < -0.3 is 4.90 Å². The minimum Gasteiger partial charge on any atom is -0.303 e. The largest absolute Gasteiger partial charge is 0.303 e. The van der Waals surface area contributed by atoms with E-state index >= 15 is 0 Å². The Bertz CT molecular complexity index is 80.9. The van der Waals surface area contributed by atoms with Crippen molar-refractivity contribution in [3.05, 3.63) is 0 Å². The van der Waals surface area contributed by atoms with E-state index in [-0.39, 0.29) is 0 Å². The van der Waals surface area contributed by atoms with Gasteiger partial charge in [-0.1, -0.05) is 27.2 Å². The predicted octanol–water partition coefficient (Wildman–Crippen LogP) is 2.91. The zero-order valence-corrected chi connectivity index (χ0v) is 8.56. The summed E-state index contributed by atoms with van der Waals surface area (Å²) < 4.78 is 0. The summed E-state index contributed by atoms with van der Waals surface area (Å²) in [4.78, 5) is 2.49. The lowest BCUT2D eigenvalue weighted by molar-refractivity contribution is 0.295. The molecule has 0 spiro atoms. The van der Waals surface area contributed by atoms with Crippen molar-refractivity contribution in [1.29, 1.82) is 0 Å². The van der Waals surface area contributed by atoms with Gasteiger partial charge in [0.2, 0.25) is 0 Å². The highest BCUT2D eigenvalue weighted by atomic mass is 15.1. The standard InChI is InChI=1S/C8H17N.C2H6/c1-3-5-8-6-4-7-9(8)2;1-2/h8H,3-7H2,1-2H3;1-2H3/t8-;/m1./s1. The second kappa shape index (κ2) is 6.66. The first kappa shape index (κ1) is 11.0. The summed E-state index contributed by atoms with van der Waals surface area (Å²) in [6.45, 7) is 7.59. The maximum absolute atomic E-state index is 2.49. The van der Waals surface area contributed by atoms with E-state index in [1.54, 1.807) is 0 Å². The second-order valence-corrected chi connectivity index (χ2v) is 3.07. The molecule has 0 N–H and O–H groups in total. The third-order valence-electron chi connectivity index (χ3n) is 2.29. The molecule has 68 valence electrons. The first-order valence-electron chi connectivity index (χ1n) is 5.05. The molecule has 1 aliphatic heterocycles. The van der Waals surface area contributed by atoms with Crippen molar-refractivity contribution in [3.8, 4) is 0 Å². The van der Waals surface area contributed by atoms with Gasteiger partial charge in [0, 0.05) is 6.04 Å². The molecule has 11 heavy (non-hydrogen) atoms. The van der Waals surface area contributed by atoms with Gasteiger partial charge in [0.25, 0.3) is 0 Å². The molecule has 1 heterocycles. The monoisotopic (exact) mass is 157 g/mol. The Hall–Kier alpha value is -0.0400. The van der Waals surface area contributed by atoms with Crippen LogP contribution in [0.3, 0.4) is 0 Å². The fourth-order valence-corrected chi connectivity index (χ4v) is 1.68. The molecule has 0 radical (unpaired) electrons. The van der Waals surface area contributed by atoms with E-state index in [1.807, 2.05) is 13.8 Å². The van der Waals surface area contributed by atoms with E-state index in [1.165, 1.54) is 32.2 Å². The van der Waals surface area contributed by atoms with Gasteiger partial charge in [0.05, 0.1) is 0 Å². The molecule has 1 heteroatoms. The predicted molar refractivity (Wildman–Crippen MR) is 51.9 cm³/mol. The maximum atomic E-state index is 2.49. The Morgan fingerprint density at radius 3 is 2.36 bits per heavy atom. The van der Waals surface area contributed by atoms with Crippen molar-refractivity contribution >= 4 is 0 Å². The lowest BCUT2D eigenvalue weighted by Crippen LogP contribution is -2.24. The van der Waals surface area contributed by atoms with E-state index in [9.17, 15) is 0 Å². The molecule has 0 aromatic rings. The van der Waals surface area contributed by atoms with Gasteiger partial charge >= 0.3 is 0 Å². The van der Waals surface area contributed by atoms with E-state index in [0.29, 0.717) is 0 Å². The summed E-state index contributed by atoms with van der Waals surface area (Å²) in [6, 6.07) is 0.912. The van der Waals surface area contributed by atoms with Gasteiger partial charge in [-0.05, 0) is 32.9 Å². The molecule has 1 saturated heterocycles. The molecule has 1 atom stereocenters. The third-order valence-corrected chi connectivity index (χ3v) is 2.29. The molecule has 0 aromatic heterocycles. The molecular weight excluding hydrogens is 134 g/mol. The van der Waals surface area contributed by atoms with E-state index in [2.05, 4.69) is 18.9 Å². The van der Waals surface area contributed by atoms with Crippen LogP contribution >= 0.6 is 0 Å². The maximum Gasteiger partial charge on any atom is 0.00925 e. The Labute approximate surface area is 71.8 Å². The summed E-state index contributed by atoms with van der Waals surface area (Å²) in [7, 11) is 2.24. The molecule has 0 aromatic carbocycles. The van der Waals surface area contributed by atoms with Crippen molar-refractivity contribution in [2.45, 2.75) is 52.5 Å². The normalized spacial score (nSPS) is 24.5. The SMILES string of the molecule is CC.CCC[C@@H]1CCCN1C. The molecule has 0 aliphatic carbocycles. The van der Waals surface area contributed by atoms with Crippen LogP contribution in [0.1, 0.15) is 46.5 Å². The number of rotatable bonds is 2. The zero-order valence-electron chi connectivity index (χ0n) is 8.56. The average Bonchev–Trinajstić information content (AvgIpc) is 2.42. The average molecular weight is 157 g/mol. The van der Waals surface area contributed by atoms with Crippen LogP contribution in [-0.4, -0.2) is 24.5 Å². The zero-order chi connectivity index (χ0) is 8.69. The fraction of sp³-hybridized carbons (Fsp3) is 1.00. The van der Waals surface area contributed by atoms with E-state index < -0.39 is 0 Å². The van der Waals surface area contributed by atoms with Crippen molar-refractivity contribution < 1.29 is 0 Å². The highest BCUT2D eigenvalue weighted by Gasteiger charge is 2.18. The van der Waals surface area contributed by atoms with Crippen LogP contribution < -0.4 is 0 Å². The van der Waals surface area contributed by atoms with Gasteiger partial charge in [-0.15, -0.1) is 0 Å². The lowest BCUT2D eigenvalue weighted by atomic mass is 10.1. The van der Waals surface area contributed by atoms with Gasteiger partial charge in [0.15, 0.2) is 0 Å². The quantitative estimate of drug-likeness (QED) is 0.595. The van der Waals surface area contributed by atoms with Gasteiger partial charge in [0.1, 0.15) is 0 Å². The number of hydrogen-bond acceptors (Lipinski definition) is 1. The van der Waals surface area contributed by atoms with Crippen molar-refractivity contribution in [2.75, 3.05) is 13.6 Å². The molecular formula is C10H23N. The van der Waals surface area contributed by atoms with E-state index in [0.717, 1.165) is 6.04 Å². The number of hydrogen-bond donors (Lipinski definition) is 0.